The van der Waals surface area contributed by atoms with Crippen LogP contribution in [0.15, 0.2) is 36.4 Å². The number of imidazole rings is 1. The van der Waals surface area contributed by atoms with E-state index in [4.69, 9.17) is 16.3 Å². The molecule has 6 heteroatoms. The lowest BCUT2D eigenvalue weighted by Crippen LogP contribution is -2.04. The van der Waals surface area contributed by atoms with Crippen LogP contribution in [-0.4, -0.2) is 29.1 Å². The molecule has 0 aliphatic heterocycles. The number of unbranched alkanes of at least 4 members (excludes halogenated alkanes) is 1. The van der Waals surface area contributed by atoms with Crippen molar-refractivity contribution in [3.05, 3.63) is 53.1 Å². The fourth-order valence-corrected chi connectivity index (χ4v) is 3.23. The lowest BCUT2D eigenvalue weighted by molar-refractivity contribution is 0.111. The van der Waals surface area contributed by atoms with Gasteiger partial charge < -0.3 is 9.30 Å². The molecular formula is C20H20ClFN2O2. The Morgan fingerprint density at radius 2 is 2.00 bits per heavy atom. The average Bonchev–Trinajstić information content (AvgIpc) is 2.98. The first-order valence-electron chi connectivity index (χ1n) is 8.62. The van der Waals surface area contributed by atoms with E-state index in [1.54, 1.807) is 18.2 Å². The predicted octanol–water partition coefficient (Wildman–Crippen LogP) is 5.13. The molecule has 1 aromatic heterocycles. The Balaban J connectivity index is 1.96. The molecule has 4 nitrogen and oxygen atoms in total. The lowest BCUT2D eigenvalue weighted by atomic mass is 10.0. The monoisotopic (exact) mass is 374 g/mol. The number of fused-ring (bicyclic) bond motifs is 1. The molecule has 0 spiro atoms. The molecule has 26 heavy (non-hydrogen) atoms. The van der Waals surface area contributed by atoms with E-state index in [1.807, 2.05) is 17.6 Å². The maximum atomic E-state index is 13.2. The number of benzene rings is 2. The second kappa shape index (κ2) is 8.43. The molecule has 0 N–H and O–H groups in total. The summed E-state index contributed by atoms with van der Waals surface area (Å²) in [5, 5.41) is 0.516. The van der Waals surface area contributed by atoms with Gasteiger partial charge in [-0.1, -0.05) is 23.7 Å². The summed E-state index contributed by atoms with van der Waals surface area (Å²) in [5.41, 5.74) is 3.11. The van der Waals surface area contributed by atoms with Gasteiger partial charge in [-0.3, -0.25) is 4.79 Å². The fourth-order valence-electron chi connectivity index (χ4n) is 2.96. The third kappa shape index (κ3) is 3.94. The standard InChI is InChI=1S/C20H20ClFN2O2/c1-2-26-10-4-3-9-24-19-11-16(14-5-7-15(22)8-6-14)17(21)12-18(19)23-20(24)13-25/h5-8,11-13H,2-4,9-10H2,1H3. The molecule has 0 saturated carbocycles. The maximum Gasteiger partial charge on any atom is 0.185 e. The average molecular weight is 375 g/mol. The van der Waals surface area contributed by atoms with Gasteiger partial charge in [0.05, 0.1) is 16.1 Å². The Morgan fingerprint density at radius 1 is 1.23 bits per heavy atom. The van der Waals surface area contributed by atoms with Crippen molar-refractivity contribution in [1.29, 1.82) is 0 Å². The van der Waals surface area contributed by atoms with Crippen LogP contribution in [0.2, 0.25) is 5.02 Å². The van der Waals surface area contributed by atoms with Crippen LogP contribution >= 0.6 is 11.6 Å². The molecule has 0 fully saturated rings. The number of carbonyl (C=O) groups is 1. The zero-order valence-corrected chi connectivity index (χ0v) is 15.3. The first-order chi connectivity index (χ1) is 12.6. The highest BCUT2D eigenvalue weighted by Gasteiger charge is 2.14. The molecular weight excluding hydrogens is 355 g/mol. The van der Waals surface area contributed by atoms with Gasteiger partial charge in [-0.05, 0) is 49.6 Å². The quantitative estimate of drug-likeness (QED) is 0.406. The molecule has 1 heterocycles. The van der Waals surface area contributed by atoms with E-state index in [0.29, 0.717) is 36.1 Å². The van der Waals surface area contributed by atoms with Gasteiger partial charge in [0.2, 0.25) is 0 Å². The molecule has 0 aliphatic carbocycles. The first kappa shape index (κ1) is 18.5. The minimum atomic E-state index is -0.298. The number of carbonyl (C=O) groups excluding carboxylic acids is 1. The third-order valence-electron chi connectivity index (χ3n) is 4.25. The molecule has 0 unspecified atom stereocenters. The highest BCUT2D eigenvalue weighted by Crippen LogP contribution is 2.32. The summed E-state index contributed by atoms with van der Waals surface area (Å²) in [6.07, 6.45) is 2.54. The van der Waals surface area contributed by atoms with Crippen LogP contribution in [-0.2, 0) is 11.3 Å². The topological polar surface area (TPSA) is 44.1 Å². The van der Waals surface area contributed by atoms with Crippen molar-refractivity contribution in [1.82, 2.24) is 9.55 Å². The van der Waals surface area contributed by atoms with Gasteiger partial charge in [0.25, 0.3) is 0 Å². The number of rotatable bonds is 8. The van der Waals surface area contributed by atoms with E-state index in [9.17, 15) is 9.18 Å². The molecule has 0 radical (unpaired) electrons. The molecule has 0 aliphatic rings. The SMILES string of the molecule is CCOCCCCn1c(C=O)nc2cc(Cl)c(-c3ccc(F)cc3)cc21. The molecule has 0 atom stereocenters. The summed E-state index contributed by atoms with van der Waals surface area (Å²) >= 11 is 6.40. The molecule has 136 valence electrons. The highest BCUT2D eigenvalue weighted by molar-refractivity contribution is 6.34. The number of aromatic nitrogens is 2. The first-order valence-corrected chi connectivity index (χ1v) is 9.00. The van der Waals surface area contributed by atoms with Crippen LogP contribution in [0.25, 0.3) is 22.2 Å². The van der Waals surface area contributed by atoms with Crippen molar-refractivity contribution >= 4 is 28.9 Å². The Hall–Kier alpha value is -2.24. The fraction of sp³-hybridized carbons (Fsp3) is 0.300. The predicted molar refractivity (Wildman–Crippen MR) is 101 cm³/mol. The number of aryl methyl sites for hydroxylation is 1. The molecule has 0 bridgehead atoms. The number of hydrogen-bond acceptors (Lipinski definition) is 3. The van der Waals surface area contributed by atoms with E-state index in [0.717, 1.165) is 35.8 Å². The van der Waals surface area contributed by atoms with E-state index in [-0.39, 0.29) is 5.82 Å². The molecule has 0 saturated heterocycles. The van der Waals surface area contributed by atoms with Crippen molar-refractivity contribution in [2.24, 2.45) is 0 Å². The van der Waals surface area contributed by atoms with Crippen LogP contribution in [0, 0.1) is 5.82 Å². The Labute approximate surface area is 156 Å². The summed E-state index contributed by atoms with van der Waals surface area (Å²) in [4.78, 5) is 15.8. The van der Waals surface area contributed by atoms with Crippen molar-refractivity contribution in [3.8, 4) is 11.1 Å². The van der Waals surface area contributed by atoms with E-state index < -0.39 is 0 Å². The zero-order valence-electron chi connectivity index (χ0n) is 14.5. The van der Waals surface area contributed by atoms with Gasteiger partial charge in [0.1, 0.15) is 5.82 Å². The Kier molecular flexibility index (Phi) is 6.01. The second-order valence-corrected chi connectivity index (χ2v) is 6.38. The van der Waals surface area contributed by atoms with Gasteiger partial charge in [0, 0.05) is 25.3 Å². The van der Waals surface area contributed by atoms with Crippen molar-refractivity contribution in [3.63, 3.8) is 0 Å². The number of hydrogen-bond donors (Lipinski definition) is 0. The highest BCUT2D eigenvalue weighted by atomic mass is 35.5. The third-order valence-corrected chi connectivity index (χ3v) is 4.56. The van der Waals surface area contributed by atoms with Crippen molar-refractivity contribution < 1.29 is 13.9 Å². The smallest absolute Gasteiger partial charge is 0.185 e. The minimum Gasteiger partial charge on any atom is -0.382 e. The minimum absolute atomic E-state index is 0.298. The van der Waals surface area contributed by atoms with Gasteiger partial charge >= 0.3 is 0 Å². The van der Waals surface area contributed by atoms with Gasteiger partial charge in [-0.2, -0.15) is 0 Å². The summed E-state index contributed by atoms with van der Waals surface area (Å²) in [6.45, 7) is 4.04. The van der Waals surface area contributed by atoms with Gasteiger partial charge in [-0.25, -0.2) is 9.37 Å². The van der Waals surface area contributed by atoms with Crippen LogP contribution in [0.5, 0.6) is 0 Å². The number of nitrogens with zero attached hydrogens (tertiary/aromatic N) is 2. The van der Waals surface area contributed by atoms with Gasteiger partial charge in [0.15, 0.2) is 12.1 Å². The number of aldehydes is 1. The Morgan fingerprint density at radius 3 is 2.69 bits per heavy atom. The van der Waals surface area contributed by atoms with E-state index in [2.05, 4.69) is 4.98 Å². The van der Waals surface area contributed by atoms with Crippen LogP contribution in [0.4, 0.5) is 4.39 Å². The Bertz CT molecular complexity index is 906. The summed E-state index contributed by atoms with van der Waals surface area (Å²) in [7, 11) is 0. The van der Waals surface area contributed by atoms with E-state index >= 15 is 0 Å². The number of halogens is 2. The number of ether oxygens (including phenoxy) is 1. The molecule has 3 aromatic rings. The van der Waals surface area contributed by atoms with Gasteiger partial charge in [-0.15, -0.1) is 0 Å². The summed E-state index contributed by atoms with van der Waals surface area (Å²) in [5.74, 6) is 0.0808. The largest absolute Gasteiger partial charge is 0.382 e. The van der Waals surface area contributed by atoms with Crippen LogP contribution < -0.4 is 0 Å². The summed E-state index contributed by atoms with van der Waals surface area (Å²) in [6, 6.07) is 9.83. The summed E-state index contributed by atoms with van der Waals surface area (Å²) < 4.78 is 20.5. The normalized spacial score (nSPS) is 11.2. The molecule has 3 rings (SSSR count). The second-order valence-electron chi connectivity index (χ2n) is 5.97. The molecule has 0 amide bonds. The zero-order chi connectivity index (χ0) is 18.5. The van der Waals surface area contributed by atoms with Crippen molar-refractivity contribution in [2.45, 2.75) is 26.3 Å². The van der Waals surface area contributed by atoms with E-state index in [1.165, 1.54) is 12.1 Å². The van der Waals surface area contributed by atoms with Crippen LogP contribution in [0.1, 0.15) is 30.4 Å². The molecule has 2 aromatic carbocycles. The van der Waals surface area contributed by atoms with Crippen LogP contribution in [0.3, 0.4) is 0 Å². The lowest BCUT2D eigenvalue weighted by Gasteiger charge is -2.09. The maximum absolute atomic E-state index is 13.2. The van der Waals surface area contributed by atoms with Crippen molar-refractivity contribution in [2.75, 3.05) is 13.2 Å².